The van der Waals surface area contributed by atoms with E-state index in [0.29, 0.717) is 0 Å². The molecule has 0 saturated carbocycles. The molecule has 1 aromatic rings. The Hall–Kier alpha value is -0.770. The fraction of sp³-hybridized carbons (Fsp3) is 0.571. The Morgan fingerprint density at radius 2 is 2.28 bits per heavy atom. The van der Waals surface area contributed by atoms with E-state index in [9.17, 15) is 0 Å². The highest BCUT2D eigenvalue weighted by molar-refractivity contribution is 6.21. The van der Waals surface area contributed by atoms with Crippen LogP contribution in [0.4, 0.5) is 5.69 Å². The minimum Gasteiger partial charge on any atom is -0.382 e. The molecular weight excluding hydrogens is 248 g/mol. The zero-order valence-electron chi connectivity index (χ0n) is 11.0. The Balaban J connectivity index is 1.93. The number of likely N-dealkylation sites (N-methyl/N-ethyl adjacent to an activating group) is 1. The predicted molar refractivity (Wildman–Crippen MR) is 76.4 cm³/mol. The van der Waals surface area contributed by atoms with Gasteiger partial charge < -0.3 is 15.0 Å². The van der Waals surface area contributed by atoms with Crippen LogP contribution in [0.1, 0.15) is 17.9 Å². The van der Waals surface area contributed by atoms with Gasteiger partial charge in [-0.15, -0.1) is 11.6 Å². The molecule has 0 amide bonds. The lowest BCUT2D eigenvalue weighted by molar-refractivity contribution is -0.0117. The molecule has 0 aliphatic carbocycles. The van der Waals surface area contributed by atoms with Crippen LogP contribution in [0, 0.1) is 0 Å². The summed E-state index contributed by atoms with van der Waals surface area (Å²) in [6, 6.07) is 8.18. The number of hydrogen-bond donors (Lipinski definition) is 1. The molecule has 0 bridgehead atoms. The number of nitrogens with zero attached hydrogens (tertiary/aromatic N) is 1. The average molecular weight is 269 g/mol. The summed E-state index contributed by atoms with van der Waals surface area (Å²) in [5, 5.41) is 3.47. The van der Waals surface area contributed by atoms with Gasteiger partial charge in [0.2, 0.25) is 0 Å². The smallest absolute Gasteiger partial charge is 0.0874 e. The molecule has 100 valence electrons. The van der Waals surface area contributed by atoms with Crippen molar-refractivity contribution in [3.8, 4) is 0 Å². The summed E-state index contributed by atoms with van der Waals surface area (Å²) in [4.78, 5) is 2.30. The van der Waals surface area contributed by atoms with Crippen LogP contribution in [-0.4, -0.2) is 44.3 Å². The van der Waals surface area contributed by atoms with Gasteiger partial charge in [-0.1, -0.05) is 18.2 Å². The zero-order valence-corrected chi connectivity index (χ0v) is 11.8. The van der Waals surface area contributed by atoms with Crippen molar-refractivity contribution in [1.29, 1.82) is 0 Å². The van der Waals surface area contributed by atoms with Crippen LogP contribution >= 0.6 is 11.6 Å². The first-order chi connectivity index (χ1) is 8.66. The quantitative estimate of drug-likeness (QED) is 0.850. The van der Waals surface area contributed by atoms with Crippen molar-refractivity contribution in [3.63, 3.8) is 0 Å². The molecule has 2 rings (SSSR count). The van der Waals surface area contributed by atoms with Crippen LogP contribution in [0.15, 0.2) is 24.3 Å². The molecule has 2 atom stereocenters. The maximum absolute atomic E-state index is 6.17. The highest BCUT2D eigenvalue weighted by Crippen LogP contribution is 2.27. The minimum atomic E-state index is 0.0173. The molecule has 1 aliphatic heterocycles. The Morgan fingerprint density at radius 3 is 3.00 bits per heavy atom. The summed E-state index contributed by atoms with van der Waals surface area (Å²) in [5.41, 5.74) is 2.25. The van der Waals surface area contributed by atoms with E-state index in [1.165, 1.54) is 0 Å². The van der Waals surface area contributed by atoms with Crippen LogP contribution in [0.25, 0.3) is 0 Å². The second-order valence-electron chi connectivity index (χ2n) is 4.84. The van der Waals surface area contributed by atoms with Crippen molar-refractivity contribution >= 4 is 17.3 Å². The van der Waals surface area contributed by atoms with Crippen molar-refractivity contribution in [2.45, 2.75) is 18.4 Å². The molecule has 1 N–H and O–H groups in total. The van der Waals surface area contributed by atoms with Gasteiger partial charge in [0, 0.05) is 25.3 Å². The number of rotatable bonds is 4. The fourth-order valence-corrected chi connectivity index (χ4v) is 2.41. The van der Waals surface area contributed by atoms with E-state index in [2.05, 4.69) is 29.4 Å². The van der Waals surface area contributed by atoms with Gasteiger partial charge in [0.05, 0.1) is 18.1 Å². The lowest BCUT2D eigenvalue weighted by Gasteiger charge is -2.30. The first-order valence-corrected chi connectivity index (χ1v) is 6.87. The second kappa shape index (κ2) is 6.41. The van der Waals surface area contributed by atoms with E-state index in [1.54, 1.807) is 0 Å². The SMILES string of the molecule is CC(Cl)c1ccccc1NCC1CN(C)CCO1. The number of benzene rings is 1. The van der Waals surface area contributed by atoms with Gasteiger partial charge in [-0.2, -0.15) is 0 Å². The number of halogens is 1. The summed E-state index contributed by atoms with van der Waals surface area (Å²) in [6.07, 6.45) is 0.252. The molecule has 1 heterocycles. The summed E-state index contributed by atoms with van der Waals surface area (Å²) in [5.74, 6) is 0. The molecule has 1 aliphatic rings. The molecule has 4 heteroatoms. The van der Waals surface area contributed by atoms with Crippen LogP contribution in [-0.2, 0) is 4.74 Å². The number of ether oxygens (including phenoxy) is 1. The average Bonchev–Trinajstić information content (AvgIpc) is 2.37. The van der Waals surface area contributed by atoms with Gasteiger partial charge in [0.25, 0.3) is 0 Å². The van der Waals surface area contributed by atoms with Crippen molar-refractivity contribution in [2.24, 2.45) is 0 Å². The number of nitrogens with one attached hydrogen (secondary N) is 1. The summed E-state index contributed by atoms with van der Waals surface area (Å²) in [6.45, 7) is 5.63. The molecule has 2 unspecified atom stereocenters. The topological polar surface area (TPSA) is 24.5 Å². The number of anilines is 1. The number of alkyl halides is 1. The molecule has 0 spiro atoms. The van der Waals surface area contributed by atoms with Gasteiger partial charge in [-0.25, -0.2) is 0 Å². The third-order valence-electron chi connectivity index (χ3n) is 3.25. The fourth-order valence-electron chi connectivity index (χ4n) is 2.22. The molecular formula is C14H21ClN2O. The highest BCUT2D eigenvalue weighted by atomic mass is 35.5. The minimum absolute atomic E-state index is 0.0173. The summed E-state index contributed by atoms with van der Waals surface area (Å²) in [7, 11) is 2.13. The van der Waals surface area contributed by atoms with E-state index in [-0.39, 0.29) is 11.5 Å². The van der Waals surface area contributed by atoms with Crippen LogP contribution in [0.3, 0.4) is 0 Å². The van der Waals surface area contributed by atoms with Crippen LogP contribution in [0.5, 0.6) is 0 Å². The number of morpholine rings is 1. The summed E-state index contributed by atoms with van der Waals surface area (Å²) >= 11 is 6.17. The normalized spacial score (nSPS) is 22.7. The molecule has 18 heavy (non-hydrogen) atoms. The largest absolute Gasteiger partial charge is 0.382 e. The lowest BCUT2D eigenvalue weighted by Crippen LogP contribution is -2.43. The Morgan fingerprint density at radius 1 is 1.50 bits per heavy atom. The Bertz CT molecular complexity index is 384. The predicted octanol–water partition coefficient (Wildman–Crippen LogP) is 2.73. The van der Waals surface area contributed by atoms with E-state index in [4.69, 9.17) is 16.3 Å². The van der Waals surface area contributed by atoms with Gasteiger partial charge in [0.1, 0.15) is 0 Å². The maximum Gasteiger partial charge on any atom is 0.0874 e. The van der Waals surface area contributed by atoms with Crippen LogP contribution in [0.2, 0.25) is 0 Å². The van der Waals surface area contributed by atoms with E-state index < -0.39 is 0 Å². The maximum atomic E-state index is 6.17. The van der Waals surface area contributed by atoms with Crippen molar-refractivity contribution in [2.75, 3.05) is 38.6 Å². The van der Waals surface area contributed by atoms with Crippen LogP contribution < -0.4 is 5.32 Å². The number of hydrogen-bond acceptors (Lipinski definition) is 3. The summed E-state index contributed by atoms with van der Waals surface area (Å²) < 4.78 is 5.73. The molecule has 0 aromatic heterocycles. The van der Waals surface area contributed by atoms with Crippen molar-refractivity contribution in [3.05, 3.63) is 29.8 Å². The molecule has 1 saturated heterocycles. The second-order valence-corrected chi connectivity index (χ2v) is 5.49. The highest BCUT2D eigenvalue weighted by Gasteiger charge is 2.17. The molecule has 0 radical (unpaired) electrons. The molecule has 1 aromatic carbocycles. The third kappa shape index (κ3) is 3.61. The Labute approximate surface area is 114 Å². The van der Waals surface area contributed by atoms with Gasteiger partial charge in [0.15, 0.2) is 0 Å². The molecule has 3 nitrogen and oxygen atoms in total. The van der Waals surface area contributed by atoms with E-state index >= 15 is 0 Å². The lowest BCUT2D eigenvalue weighted by atomic mass is 10.1. The van der Waals surface area contributed by atoms with Gasteiger partial charge in [-0.05, 0) is 25.6 Å². The van der Waals surface area contributed by atoms with E-state index in [1.807, 2.05) is 19.1 Å². The van der Waals surface area contributed by atoms with Crippen molar-refractivity contribution < 1.29 is 4.74 Å². The monoisotopic (exact) mass is 268 g/mol. The van der Waals surface area contributed by atoms with E-state index in [0.717, 1.165) is 37.5 Å². The van der Waals surface area contributed by atoms with Gasteiger partial charge >= 0.3 is 0 Å². The first-order valence-electron chi connectivity index (χ1n) is 6.44. The Kier molecular flexibility index (Phi) is 4.87. The standard InChI is InChI=1S/C14H21ClN2O/c1-11(15)13-5-3-4-6-14(13)16-9-12-10-17(2)7-8-18-12/h3-6,11-12,16H,7-10H2,1-2H3. The zero-order chi connectivity index (χ0) is 13.0. The third-order valence-corrected chi connectivity index (χ3v) is 3.49. The van der Waals surface area contributed by atoms with Gasteiger partial charge in [-0.3, -0.25) is 0 Å². The first kappa shape index (κ1) is 13.7. The number of para-hydroxylation sites is 1. The molecule has 1 fully saturated rings. The van der Waals surface area contributed by atoms with Crippen molar-refractivity contribution in [1.82, 2.24) is 4.90 Å².